The Hall–Kier alpha value is -1.04. The van der Waals surface area contributed by atoms with Gasteiger partial charge in [0.05, 0.1) is 12.3 Å². The molecule has 0 fully saturated rings. The topological polar surface area (TPSA) is 38.0 Å². The number of nitrogens with zero attached hydrogens (tertiary/aromatic N) is 2. The average Bonchev–Trinajstić information content (AvgIpc) is 2.43. The number of rotatable bonds is 2. The van der Waals surface area contributed by atoms with Crippen molar-refractivity contribution in [3.63, 3.8) is 0 Å². The van der Waals surface area contributed by atoms with E-state index in [9.17, 15) is 13.2 Å². The maximum Gasteiger partial charge on any atom is 0.410 e. The maximum atomic E-state index is 12.3. The second-order valence-corrected chi connectivity index (χ2v) is 3.10. The monoisotopic (exact) mass is 208 g/mol. The summed E-state index contributed by atoms with van der Waals surface area (Å²) in [5.74, 6) is 0. The van der Waals surface area contributed by atoms with Crippen LogP contribution in [0, 0.1) is 6.92 Å². The van der Waals surface area contributed by atoms with Crippen LogP contribution in [-0.2, 0) is 6.61 Å². The van der Waals surface area contributed by atoms with E-state index in [1.165, 1.54) is 6.20 Å². The fourth-order valence-corrected chi connectivity index (χ4v) is 1.02. The molecule has 0 aromatic carbocycles. The van der Waals surface area contributed by atoms with Crippen molar-refractivity contribution in [3.8, 4) is 0 Å². The summed E-state index contributed by atoms with van der Waals surface area (Å²) in [4.78, 5) is 0. The molecule has 1 heterocycles. The van der Waals surface area contributed by atoms with E-state index in [0.717, 1.165) is 11.6 Å². The molecule has 0 aliphatic carbocycles. The molecule has 80 valence electrons. The minimum atomic E-state index is -4.31. The number of aryl methyl sites for hydroxylation is 1. The molecule has 0 saturated heterocycles. The Morgan fingerprint density at radius 3 is 2.50 bits per heavy atom. The molecule has 14 heavy (non-hydrogen) atoms. The molecule has 3 nitrogen and oxygen atoms in total. The van der Waals surface area contributed by atoms with E-state index in [0.29, 0.717) is 11.3 Å². The second-order valence-electron chi connectivity index (χ2n) is 3.10. The van der Waals surface area contributed by atoms with Gasteiger partial charge in [-0.2, -0.15) is 18.3 Å². The zero-order chi connectivity index (χ0) is 10.9. The number of aliphatic hydroxyl groups excluding tert-OH is 1. The van der Waals surface area contributed by atoms with Crippen molar-refractivity contribution in [2.75, 3.05) is 0 Å². The number of aliphatic hydroxyl groups is 1. The third kappa shape index (κ3) is 2.06. The van der Waals surface area contributed by atoms with Crippen molar-refractivity contribution in [3.05, 3.63) is 17.5 Å². The molecule has 1 N–H and O–H groups in total. The molecule has 0 bridgehead atoms. The molecule has 1 aromatic heterocycles. The zero-order valence-electron chi connectivity index (χ0n) is 7.84. The summed E-state index contributed by atoms with van der Waals surface area (Å²) in [6.07, 6.45) is -3.10. The molecular formula is C8H11F3N2O. The van der Waals surface area contributed by atoms with E-state index in [-0.39, 0.29) is 6.61 Å². The molecule has 1 aromatic rings. The number of halogens is 3. The van der Waals surface area contributed by atoms with E-state index in [4.69, 9.17) is 5.11 Å². The predicted molar refractivity (Wildman–Crippen MR) is 43.7 cm³/mol. The van der Waals surface area contributed by atoms with Crippen molar-refractivity contribution in [1.29, 1.82) is 0 Å². The van der Waals surface area contributed by atoms with Crippen molar-refractivity contribution < 1.29 is 18.3 Å². The van der Waals surface area contributed by atoms with Gasteiger partial charge in [-0.15, -0.1) is 0 Å². The van der Waals surface area contributed by atoms with Crippen LogP contribution in [0.2, 0.25) is 0 Å². The normalized spacial score (nSPS) is 14.4. The minimum absolute atomic E-state index is 0.295. The van der Waals surface area contributed by atoms with Crippen LogP contribution in [0.1, 0.15) is 24.2 Å². The van der Waals surface area contributed by atoms with Crippen LogP contribution in [0.5, 0.6) is 0 Å². The molecule has 1 atom stereocenters. The van der Waals surface area contributed by atoms with Crippen LogP contribution in [-0.4, -0.2) is 21.1 Å². The second kappa shape index (κ2) is 3.61. The Morgan fingerprint density at radius 2 is 2.14 bits per heavy atom. The maximum absolute atomic E-state index is 12.3. The lowest BCUT2D eigenvalue weighted by Crippen LogP contribution is -2.24. The summed E-state index contributed by atoms with van der Waals surface area (Å²) in [7, 11) is 0. The highest BCUT2D eigenvalue weighted by Gasteiger charge is 2.38. The van der Waals surface area contributed by atoms with Gasteiger partial charge in [-0.25, -0.2) is 0 Å². The smallest absolute Gasteiger partial charge is 0.392 e. The molecule has 1 unspecified atom stereocenters. The van der Waals surface area contributed by atoms with E-state index >= 15 is 0 Å². The fourth-order valence-electron chi connectivity index (χ4n) is 1.02. The van der Waals surface area contributed by atoms with Gasteiger partial charge in [0.2, 0.25) is 0 Å². The van der Waals surface area contributed by atoms with Crippen LogP contribution in [0.3, 0.4) is 0 Å². The third-order valence-electron chi connectivity index (χ3n) is 2.06. The van der Waals surface area contributed by atoms with Gasteiger partial charge in [-0.1, -0.05) is 0 Å². The van der Waals surface area contributed by atoms with Crippen molar-refractivity contribution in [2.24, 2.45) is 0 Å². The lowest BCUT2D eigenvalue weighted by atomic mass is 10.3. The third-order valence-corrected chi connectivity index (χ3v) is 2.06. The van der Waals surface area contributed by atoms with Gasteiger partial charge in [0, 0.05) is 11.8 Å². The molecule has 0 spiro atoms. The van der Waals surface area contributed by atoms with Crippen molar-refractivity contribution >= 4 is 0 Å². The van der Waals surface area contributed by atoms with Gasteiger partial charge >= 0.3 is 6.18 Å². The van der Waals surface area contributed by atoms with Crippen LogP contribution >= 0.6 is 0 Å². The van der Waals surface area contributed by atoms with Crippen LogP contribution in [0.4, 0.5) is 13.2 Å². The molecule has 0 amide bonds. The SMILES string of the molecule is Cc1nn(C(C)C(F)(F)F)cc1CO. The number of aromatic nitrogens is 2. The first-order valence-corrected chi connectivity index (χ1v) is 4.08. The molecule has 0 saturated carbocycles. The Balaban J connectivity index is 2.97. The lowest BCUT2D eigenvalue weighted by molar-refractivity contribution is -0.165. The standard InChI is InChI=1S/C8H11F3N2O/c1-5-7(4-14)3-13(12-5)6(2)8(9,10)11/h3,6,14H,4H2,1-2H3. The molecule has 0 aliphatic heterocycles. The number of hydrogen-bond acceptors (Lipinski definition) is 2. The quantitative estimate of drug-likeness (QED) is 0.804. The van der Waals surface area contributed by atoms with Crippen molar-refractivity contribution in [1.82, 2.24) is 9.78 Å². The van der Waals surface area contributed by atoms with Gasteiger partial charge in [0.25, 0.3) is 0 Å². The van der Waals surface area contributed by atoms with E-state index in [1.54, 1.807) is 6.92 Å². The summed E-state index contributed by atoms with van der Waals surface area (Å²) in [5.41, 5.74) is 0.838. The fraction of sp³-hybridized carbons (Fsp3) is 0.625. The predicted octanol–water partition coefficient (Wildman–Crippen LogP) is 1.81. The first-order valence-electron chi connectivity index (χ1n) is 4.08. The molecule has 1 rings (SSSR count). The molecule has 0 radical (unpaired) electrons. The first-order chi connectivity index (χ1) is 6.36. The van der Waals surface area contributed by atoms with E-state index < -0.39 is 12.2 Å². The van der Waals surface area contributed by atoms with Gasteiger partial charge < -0.3 is 5.11 Å². The van der Waals surface area contributed by atoms with Crippen LogP contribution in [0.15, 0.2) is 6.20 Å². The number of hydrogen-bond donors (Lipinski definition) is 1. The Morgan fingerprint density at radius 1 is 1.57 bits per heavy atom. The molecular weight excluding hydrogens is 197 g/mol. The summed E-state index contributed by atoms with van der Waals surface area (Å²) in [5, 5.41) is 12.5. The van der Waals surface area contributed by atoms with Crippen molar-refractivity contribution in [2.45, 2.75) is 32.7 Å². The first kappa shape index (κ1) is 11.0. The number of alkyl halides is 3. The summed E-state index contributed by atoms with van der Waals surface area (Å²) < 4.78 is 37.6. The lowest BCUT2D eigenvalue weighted by Gasteiger charge is -2.15. The highest BCUT2D eigenvalue weighted by molar-refractivity contribution is 5.14. The molecule has 0 aliphatic rings. The summed E-state index contributed by atoms with van der Waals surface area (Å²) in [6, 6.07) is -1.67. The van der Waals surface area contributed by atoms with E-state index in [1.807, 2.05) is 0 Å². The summed E-state index contributed by atoms with van der Waals surface area (Å²) in [6.45, 7) is 2.29. The highest BCUT2D eigenvalue weighted by atomic mass is 19.4. The minimum Gasteiger partial charge on any atom is -0.392 e. The highest BCUT2D eigenvalue weighted by Crippen LogP contribution is 2.29. The largest absolute Gasteiger partial charge is 0.410 e. The van der Waals surface area contributed by atoms with Gasteiger partial charge in [0.15, 0.2) is 0 Å². The Labute approximate surface area is 79.2 Å². The van der Waals surface area contributed by atoms with Crippen LogP contribution in [0.25, 0.3) is 0 Å². The van der Waals surface area contributed by atoms with Gasteiger partial charge in [0.1, 0.15) is 6.04 Å². The Bertz CT molecular complexity index is 319. The van der Waals surface area contributed by atoms with Gasteiger partial charge in [-0.05, 0) is 13.8 Å². The summed E-state index contributed by atoms with van der Waals surface area (Å²) >= 11 is 0. The van der Waals surface area contributed by atoms with Crippen LogP contribution < -0.4 is 0 Å². The van der Waals surface area contributed by atoms with E-state index in [2.05, 4.69) is 5.10 Å². The molecule has 6 heteroatoms. The Kier molecular flexibility index (Phi) is 2.84. The van der Waals surface area contributed by atoms with Gasteiger partial charge in [-0.3, -0.25) is 4.68 Å². The zero-order valence-corrected chi connectivity index (χ0v) is 7.84. The average molecular weight is 208 g/mol.